The third-order valence-electron chi connectivity index (χ3n) is 5.25. The monoisotopic (exact) mass is 416 g/mol. The number of aromatic nitrogens is 3. The Hall–Kier alpha value is -1.92. The predicted molar refractivity (Wildman–Crippen MR) is 111 cm³/mol. The lowest BCUT2D eigenvalue weighted by Crippen LogP contribution is -2.43. The van der Waals surface area contributed by atoms with E-state index < -0.39 is 0 Å². The fourth-order valence-electron chi connectivity index (χ4n) is 3.71. The first-order chi connectivity index (χ1) is 13.7. The molecule has 0 atom stereocenters. The molecular formula is C21H22Cl2N4O. The largest absolute Gasteiger partial charge is 0.381 e. The van der Waals surface area contributed by atoms with Crippen molar-refractivity contribution in [2.75, 3.05) is 19.8 Å². The van der Waals surface area contributed by atoms with E-state index in [1.807, 2.05) is 48.5 Å². The van der Waals surface area contributed by atoms with Gasteiger partial charge in [0.25, 0.3) is 0 Å². The molecule has 146 valence electrons. The summed E-state index contributed by atoms with van der Waals surface area (Å²) in [6.07, 6.45) is 3.63. The molecule has 1 aromatic heterocycles. The van der Waals surface area contributed by atoms with Crippen LogP contribution in [0.5, 0.6) is 0 Å². The van der Waals surface area contributed by atoms with Crippen LogP contribution < -0.4 is 5.32 Å². The van der Waals surface area contributed by atoms with Crippen molar-refractivity contribution in [3.8, 4) is 5.69 Å². The van der Waals surface area contributed by atoms with E-state index in [-0.39, 0.29) is 5.41 Å². The standard InChI is InChI=1S/C21H22Cl2N4O/c22-16-6-7-19(20(23)12-16)21(8-10-28-11-9-21)15-24-13-17-14-25-27(26-17)18-4-2-1-3-5-18/h1-7,12,14,24H,8-11,13,15H2. The fraction of sp³-hybridized carbons (Fsp3) is 0.333. The molecule has 1 N–H and O–H groups in total. The Kier molecular flexibility index (Phi) is 5.97. The number of hydrogen-bond donors (Lipinski definition) is 1. The van der Waals surface area contributed by atoms with Gasteiger partial charge in [0.1, 0.15) is 0 Å². The molecule has 0 saturated carbocycles. The molecule has 0 unspecified atom stereocenters. The smallest absolute Gasteiger partial charge is 0.0969 e. The van der Waals surface area contributed by atoms with E-state index in [0.29, 0.717) is 16.6 Å². The average molecular weight is 417 g/mol. The van der Waals surface area contributed by atoms with Crippen LogP contribution in [-0.2, 0) is 16.7 Å². The maximum Gasteiger partial charge on any atom is 0.0969 e. The van der Waals surface area contributed by atoms with Gasteiger partial charge >= 0.3 is 0 Å². The van der Waals surface area contributed by atoms with Gasteiger partial charge in [-0.25, -0.2) is 0 Å². The van der Waals surface area contributed by atoms with Gasteiger partial charge in [-0.15, -0.1) is 0 Å². The quantitative estimate of drug-likeness (QED) is 0.646. The third-order valence-corrected chi connectivity index (χ3v) is 5.80. The van der Waals surface area contributed by atoms with Crippen LogP contribution in [0.25, 0.3) is 5.69 Å². The Labute approximate surface area is 174 Å². The first kappa shape index (κ1) is 19.4. The zero-order valence-corrected chi connectivity index (χ0v) is 17.0. The second-order valence-corrected chi connectivity index (χ2v) is 7.92. The summed E-state index contributed by atoms with van der Waals surface area (Å²) in [5, 5.41) is 13.8. The summed E-state index contributed by atoms with van der Waals surface area (Å²) in [6.45, 7) is 2.88. The van der Waals surface area contributed by atoms with Gasteiger partial charge in [-0.05, 0) is 42.7 Å². The third kappa shape index (κ3) is 4.23. The Morgan fingerprint density at radius 3 is 2.61 bits per heavy atom. The summed E-state index contributed by atoms with van der Waals surface area (Å²) >= 11 is 12.6. The van der Waals surface area contributed by atoms with Crippen molar-refractivity contribution in [1.82, 2.24) is 20.3 Å². The Balaban J connectivity index is 1.46. The van der Waals surface area contributed by atoms with E-state index in [9.17, 15) is 0 Å². The fourth-order valence-corrected chi connectivity index (χ4v) is 4.32. The lowest BCUT2D eigenvalue weighted by molar-refractivity contribution is 0.0498. The molecule has 0 radical (unpaired) electrons. The number of para-hydroxylation sites is 1. The van der Waals surface area contributed by atoms with Crippen LogP contribution in [0.15, 0.2) is 54.7 Å². The van der Waals surface area contributed by atoms with Crippen molar-refractivity contribution in [2.24, 2.45) is 0 Å². The molecule has 1 aliphatic heterocycles. The second-order valence-electron chi connectivity index (χ2n) is 7.08. The summed E-state index contributed by atoms with van der Waals surface area (Å²) in [5.41, 5.74) is 2.90. The predicted octanol–water partition coefficient (Wildman–Crippen LogP) is 4.41. The molecule has 4 rings (SSSR count). The SMILES string of the molecule is Clc1ccc(C2(CNCc3cnn(-c4ccccc4)n3)CCOCC2)c(Cl)c1. The molecule has 7 heteroatoms. The van der Waals surface area contributed by atoms with Gasteiger partial charge in [-0.1, -0.05) is 47.5 Å². The summed E-state index contributed by atoms with van der Waals surface area (Å²) in [6, 6.07) is 15.7. The van der Waals surface area contributed by atoms with Crippen LogP contribution in [-0.4, -0.2) is 34.8 Å². The highest BCUT2D eigenvalue weighted by Gasteiger charge is 2.35. The highest BCUT2D eigenvalue weighted by atomic mass is 35.5. The van der Waals surface area contributed by atoms with Gasteiger partial charge < -0.3 is 10.1 Å². The van der Waals surface area contributed by atoms with Crippen LogP contribution in [0.4, 0.5) is 0 Å². The molecule has 0 aliphatic carbocycles. The number of rotatable bonds is 6. The molecule has 2 aromatic carbocycles. The molecular weight excluding hydrogens is 395 g/mol. The number of nitrogens with one attached hydrogen (secondary N) is 1. The normalized spacial score (nSPS) is 16.2. The van der Waals surface area contributed by atoms with Crippen molar-refractivity contribution in [3.63, 3.8) is 0 Å². The number of halogens is 2. The summed E-state index contributed by atoms with van der Waals surface area (Å²) < 4.78 is 5.60. The number of hydrogen-bond acceptors (Lipinski definition) is 4. The second kappa shape index (κ2) is 8.62. The molecule has 0 amide bonds. The van der Waals surface area contributed by atoms with Gasteiger partial charge in [0.15, 0.2) is 0 Å². The Morgan fingerprint density at radius 2 is 1.86 bits per heavy atom. The van der Waals surface area contributed by atoms with Gasteiger partial charge in [-0.3, -0.25) is 0 Å². The van der Waals surface area contributed by atoms with Gasteiger partial charge in [-0.2, -0.15) is 15.0 Å². The molecule has 3 aromatic rings. The Bertz CT molecular complexity index is 923. The van der Waals surface area contributed by atoms with E-state index >= 15 is 0 Å². The van der Waals surface area contributed by atoms with Crippen molar-refractivity contribution < 1.29 is 4.74 Å². The van der Waals surface area contributed by atoms with E-state index in [2.05, 4.69) is 15.5 Å². The highest BCUT2D eigenvalue weighted by molar-refractivity contribution is 6.35. The first-order valence-electron chi connectivity index (χ1n) is 9.37. The topological polar surface area (TPSA) is 52.0 Å². The van der Waals surface area contributed by atoms with E-state index in [0.717, 1.165) is 49.5 Å². The van der Waals surface area contributed by atoms with Crippen molar-refractivity contribution in [1.29, 1.82) is 0 Å². The van der Waals surface area contributed by atoms with Crippen LogP contribution in [0.3, 0.4) is 0 Å². The zero-order chi connectivity index (χ0) is 19.4. The molecule has 0 spiro atoms. The first-order valence-corrected chi connectivity index (χ1v) is 10.1. The summed E-state index contributed by atoms with van der Waals surface area (Å²) in [5.74, 6) is 0. The zero-order valence-electron chi connectivity index (χ0n) is 15.4. The maximum atomic E-state index is 6.54. The van der Waals surface area contributed by atoms with E-state index in [1.54, 1.807) is 11.0 Å². The van der Waals surface area contributed by atoms with Crippen LogP contribution >= 0.6 is 23.2 Å². The van der Waals surface area contributed by atoms with Crippen molar-refractivity contribution in [2.45, 2.75) is 24.8 Å². The van der Waals surface area contributed by atoms with E-state index in [4.69, 9.17) is 27.9 Å². The molecule has 5 nitrogen and oxygen atoms in total. The van der Waals surface area contributed by atoms with Gasteiger partial charge in [0.05, 0.1) is 17.6 Å². The van der Waals surface area contributed by atoms with Crippen LogP contribution in [0, 0.1) is 0 Å². The molecule has 28 heavy (non-hydrogen) atoms. The summed E-state index contributed by atoms with van der Waals surface area (Å²) in [4.78, 5) is 1.65. The molecule has 0 bridgehead atoms. The molecule has 1 aliphatic rings. The summed E-state index contributed by atoms with van der Waals surface area (Å²) in [7, 11) is 0. The minimum atomic E-state index is -0.0741. The number of nitrogens with zero attached hydrogens (tertiary/aromatic N) is 3. The van der Waals surface area contributed by atoms with E-state index in [1.165, 1.54) is 0 Å². The lowest BCUT2D eigenvalue weighted by Gasteiger charge is -2.38. The Morgan fingerprint density at radius 1 is 1.07 bits per heavy atom. The number of benzene rings is 2. The average Bonchev–Trinajstić information content (AvgIpc) is 3.18. The van der Waals surface area contributed by atoms with Crippen LogP contribution in [0.1, 0.15) is 24.1 Å². The van der Waals surface area contributed by atoms with Crippen molar-refractivity contribution in [3.05, 3.63) is 76.0 Å². The molecule has 2 heterocycles. The maximum absolute atomic E-state index is 6.54. The van der Waals surface area contributed by atoms with Crippen LogP contribution in [0.2, 0.25) is 10.0 Å². The van der Waals surface area contributed by atoms with Crippen molar-refractivity contribution >= 4 is 23.2 Å². The lowest BCUT2D eigenvalue weighted by atomic mass is 9.74. The van der Waals surface area contributed by atoms with Gasteiger partial charge in [0, 0.05) is 41.8 Å². The number of ether oxygens (including phenoxy) is 1. The molecule has 1 fully saturated rings. The minimum absolute atomic E-state index is 0.0741. The van der Waals surface area contributed by atoms with Gasteiger partial charge in [0.2, 0.25) is 0 Å². The highest BCUT2D eigenvalue weighted by Crippen LogP contribution is 2.39. The minimum Gasteiger partial charge on any atom is -0.381 e. The molecule has 1 saturated heterocycles.